The second-order valence-electron chi connectivity index (χ2n) is 8.20. The zero-order chi connectivity index (χ0) is 27.2. The highest BCUT2D eigenvalue weighted by atomic mass is 35.5. The lowest BCUT2D eigenvalue weighted by Gasteiger charge is -2.16. The average Bonchev–Trinajstić information content (AvgIpc) is 3.45. The van der Waals surface area contributed by atoms with E-state index in [1.807, 2.05) is 12.1 Å². The van der Waals surface area contributed by atoms with Crippen molar-refractivity contribution in [2.24, 2.45) is 0 Å². The maximum absolute atomic E-state index is 13.3. The van der Waals surface area contributed by atoms with Crippen LogP contribution >= 0.6 is 11.6 Å². The van der Waals surface area contributed by atoms with E-state index >= 15 is 0 Å². The molecule has 196 valence electrons. The fourth-order valence-electron chi connectivity index (χ4n) is 3.55. The van der Waals surface area contributed by atoms with Crippen molar-refractivity contribution in [2.75, 3.05) is 5.32 Å². The molecule has 1 amide bonds. The molecule has 2 N–H and O–H groups in total. The van der Waals surface area contributed by atoms with Crippen LogP contribution in [0, 0.1) is 5.95 Å². The number of nitrogens with zero attached hydrogens (tertiary/aromatic N) is 4. The molecule has 0 aliphatic heterocycles. The number of carbonyl (C=O) groups excluding carboxylic acids is 1. The van der Waals surface area contributed by atoms with Crippen LogP contribution in [0.3, 0.4) is 0 Å². The molecule has 39 heavy (non-hydrogen) atoms. The molecule has 5 rings (SSSR count). The Bertz CT molecular complexity index is 1640. The second-order valence-corrected chi connectivity index (χ2v) is 8.63. The van der Waals surface area contributed by atoms with E-state index in [9.17, 15) is 14.0 Å². The summed E-state index contributed by atoms with van der Waals surface area (Å²) < 4.78 is 25.7. The van der Waals surface area contributed by atoms with Crippen molar-refractivity contribution in [1.82, 2.24) is 24.8 Å². The molecule has 0 unspecified atom stereocenters. The van der Waals surface area contributed by atoms with Crippen molar-refractivity contribution in [3.8, 4) is 11.6 Å². The van der Waals surface area contributed by atoms with Gasteiger partial charge in [0.05, 0.1) is 19.3 Å². The Hall–Kier alpha value is -5.03. The van der Waals surface area contributed by atoms with Crippen molar-refractivity contribution in [3.05, 3.63) is 124 Å². The predicted octanol–water partition coefficient (Wildman–Crippen LogP) is 4.93. The zero-order valence-electron chi connectivity index (χ0n) is 20.2. The molecule has 3 heterocycles. The summed E-state index contributed by atoms with van der Waals surface area (Å²) in [7, 11) is 0. The van der Waals surface area contributed by atoms with Crippen LogP contribution in [0.2, 0.25) is 5.02 Å². The molecule has 10 nitrogen and oxygen atoms in total. The number of benzene rings is 2. The molecule has 0 spiro atoms. The highest BCUT2D eigenvalue weighted by Gasteiger charge is 2.16. The molecule has 0 fully saturated rings. The van der Waals surface area contributed by atoms with Gasteiger partial charge in [-0.05, 0) is 48.0 Å². The Balaban J connectivity index is 1.39. The van der Waals surface area contributed by atoms with Crippen molar-refractivity contribution in [3.63, 3.8) is 0 Å². The summed E-state index contributed by atoms with van der Waals surface area (Å²) in [5.74, 6) is -0.203. The van der Waals surface area contributed by atoms with Gasteiger partial charge in [0.1, 0.15) is 17.6 Å². The number of carbonyl (C=O) groups is 1. The third-order valence-electron chi connectivity index (χ3n) is 5.41. The first kappa shape index (κ1) is 25.6. The molecule has 0 bridgehead atoms. The summed E-state index contributed by atoms with van der Waals surface area (Å²) in [6.07, 6.45) is 4.28. The average molecular weight is 547 g/mol. The summed E-state index contributed by atoms with van der Waals surface area (Å²) in [5.41, 5.74) is 0.595. The van der Waals surface area contributed by atoms with Gasteiger partial charge in [-0.25, -0.2) is 4.98 Å². The molecule has 0 aliphatic rings. The van der Waals surface area contributed by atoms with E-state index in [0.717, 1.165) is 5.56 Å². The van der Waals surface area contributed by atoms with Gasteiger partial charge in [-0.3, -0.25) is 9.59 Å². The van der Waals surface area contributed by atoms with Crippen LogP contribution in [0.15, 0.2) is 94.6 Å². The van der Waals surface area contributed by atoms with Gasteiger partial charge in [0.2, 0.25) is 23.7 Å². The monoisotopic (exact) mass is 546 g/mol. The van der Waals surface area contributed by atoms with E-state index in [-0.39, 0.29) is 23.9 Å². The molecule has 2 aromatic carbocycles. The second kappa shape index (κ2) is 11.6. The third kappa shape index (κ3) is 6.65. The first-order valence-electron chi connectivity index (χ1n) is 11.6. The molecule has 0 radical (unpaired) electrons. The Kier molecular flexibility index (Phi) is 7.60. The largest absolute Gasteiger partial charge is 0.447 e. The lowest BCUT2D eigenvalue weighted by atomic mass is 10.2. The fourth-order valence-corrected chi connectivity index (χ4v) is 3.68. The van der Waals surface area contributed by atoms with Gasteiger partial charge >= 0.3 is 0 Å². The number of pyridine rings is 1. The van der Waals surface area contributed by atoms with Crippen LogP contribution in [0.25, 0.3) is 0 Å². The number of halogens is 2. The van der Waals surface area contributed by atoms with Gasteiger partial charge in [-0.15, -0.1) is 0 Å². The summed E-state index contributed by atoms with van der Waals surface area (Å²) in [6.45, 7) is 0.307. The van der Waals surface area contributed by atoms with Crippen molar-refractivity contribution >= 4 is 29.1 Å². The summed E-state index contributed by atoms with van der Waals surface area (Å²) in [4.78, 5) is 37.4. The van der Waals surface area contributed by atoms with Gasteiger partial charge in [0.15, 0.2) is 0 Å². The van der Waals surface area contributed by atoms with E-state index in [0.29, 0.717) is 28.9 Å². The number of oxazole rings is 1. The first-order chi connectivity index (χ1) is 18.9. The lowest BCUT2D eigenvalue weighted by molar-refractivity contribution is 0.0945. The summed E-state index contributed by atoms with van der Waals surface area (Å²) in [5, 5.41) is 6.30. The Morgan fingerprint density at radius 1 is 1.05 bits per heavy atom. The zero-order valence-corrected chi connectivity index (χ0v) is 20.9. The smallest absolute Gasteiger partial charge is 0.287 e. The van der Waals surface area contributed by atoms with E-state index in [2.05, 4.69) is 25.6 Å². The van der Waals surface area contributed by atoms with Gasteiger partial charge in [-0.2, -0.15) is 14.4 Å². The predicted molar refractivity (Wildman–Crippen MR) is 141 cm³/mol. The Morgan fingerprint density at radius 2 is 1.85 bits per heavy atom. The van der Waals surface area contributed by atoms with Crippen molar-refractivity contribution in [1.29, 1.82) is 0 Å². The van der Waals surface area contributed by atoms with E-state index in [1.165, 1.54) is 36.9 Å². The standard InChI is InChI=1S/C27H20ClFN6O4/c28-18-6-4-17(5-7-18)15-35-16-21(25(36)31-14-24-30-12-13-38-24)26(37)34-27(35)32-19-8-10-20(11-9-19)39-23-3-1-2-22(29)33-23/h1-13,16H,14-15H2,(H,31,36)(H,32,34,37). The van der Waals surface area contributed by atoms with E-state index in [1.54, 1.807) is 41.0 Å². The molecular formula is C27H20ClFN6O4. The minimum absolute atomic E-state index is 0.0159. The van der Waals surface area contributed by atoms with Gasteiger partial charge in [0, 0.05) is 23.0 Å². The number of anilines is 2. The van der Waals surface area contributed by atoms with Crippen LogP contribution in [0.5, 0.6) is 11.6 Å². The normalized spacial score (nSPS) is 10.7. The maximum Gasteiger partial charge on any atom is 0.287 e. The number of hydrogen-bond donors (Lipinski definition) is 2. The van der Waals surface area contributed by atoms with Crippen molar-refractivity contribution < 1.29 is 18.3 Å². The summed E-state index contributed by atoms with van der Waals surface area (Å²) in [6, 6.07) is 18.1. The Morgan fingerprint density at radius 3 is 2.56 bits per heavy atom. The number of ether oxygens (including phenoxy) is 1. The highest BCUT2D eigenvalue weighted by molar-refractivity contribution is 6.30. The van der Waals surface area contributed by atoms with Gasteiger partial charge in [-0.1, -0.05) is 29.8 Å². The number of amides is 1. The van der Waals surface area contributed by atoms with Gasteiger partial charge in [0.25, 0.3) is 11.5 Å². The maximum atomic E-state index is 13.3. The molecule has 12 heteroatoms. The van der Waals surface area contributed by atoms with Crippen LogP contribution in [-0.4, -0.2) is 25.4 Å². The molecule has 5 aromatic rings. The van der Waals surface area contributed by atoms with E-state index < -0.39 is 17.4 Å². The molecule has 0 saturated carbocycles. The van der Waals surface area contributed by atoms with Crippen LogP contribution < -0.4 is 20.9 Å². The number of aromatic nitrogens is 4. The minimum atomic E-state index is -0.716. The molecule has 0 aliphatic carbocycles. The molecular weight excluding hydrogens is 527 g/mol. The lowest BCUT2D eigenvalue weighted by Crippen LogP contribution is -2.31. The Labute approximate surface area is 226 Å². The quantitative estimate of drug-likeness (QED) is 0.249. The molecule has 0 atom stereocenters. The fraction of sp³-hybridized carbons (Fsp3) is 0.0741. The van der Waals surface area contributed by atoms with Crippen molar-refractivity contribution in [2.45, 2.75) is 13.1 Å². The van der Waals surface area contributed by atoms with Crippen LogP contribution in [0.4, 0.5) is 16.0 Å². The topological polar surface area (TPSA) is 124 Å². The SMILES string of the molecule is O=C(NCc1ncco1)c1cn(Cc2ccc(Cl)cc2)c(Nc2ccc(Oc3cccc(F)n3)cc2)nc1=O. The summed E-state index contributed by atoms with van der Waals surface area (Å²) >= 11 is 6.02. The van der Waals surface area contributed by atoms with Gasteiger partial charge < -0.3 is 24.4 Å². The first-order valence-corrected chi connectivity index (χ1v) is 12.0. The number of hydrogen-bond acceptors (Lipinski definition) is 8. The minimum Gasteiger partial charge on any atom is -0.447 e. The van der Waals surface area contributed by atoms with E-state index in [4.69, 9.17) is 20.8 Å². The molecule has 3 aromatic heterocycles. The number of rotatable bonds is 9. The molecule has 0 saturated heterocycles. The highest BCUT2D eigenvalue weighted by Crippen LogP contribution is 2.23. The van der Waals surface area contributed by atoms with Crippen LogP contribution in [-0.2, 0) is 13.1 Å². The number of nitrogens with one attached hydrogen (secondary N) is 2. The van der Waals surface area contributed by atoms with Crippen LogP contribution in [0.1, 0.15) is 21.8 Å². The third-order valence-corrected chi connectivity index (χ3v) is 5.66.